The van der Waals surface area contributed by atoms with Crippen LogP contribution < -0.4 is 5.32 Å². The lowest BCUT2D eigenvalue weighted by molar-refractivity contribution is 0.942. The lowest BCUT2D eigenvalue weighted by Gasteiger charge is -2.10. The van der Waals surface area contributed by atoms with Crippen LogP contribution in [0.3, 0.4) is 0 Å². The van der Waals surface area contributed by atoms with Crippen molar-refractivity contribution < 1.29 is 0 Å². The van der Waals surface area contributed by atoms with Crippen molar-refractivity contribution >= 4 is 28.2 Å². The number of anilines is 1. The smallest absolute Gasteiger partial charge is 0.0911 e. The molecule has 0 bridgehead atoms. The Bertz CT molecular complexity index is 759. The Morgan fingerprint density at radius 2 is 2.00 bits per heavy atom. The summed E-state index contributed by atoms with van der Waals surface area (Å²) in [5.74, 6) is 0. The van der Waals surface area contributed by atoms with Crippen LogP contribution >= 0.6 is 11.6 Å². The fraction of sp³-hybridized carbons (Fsp3) is 0.188. The Morgan fingerprint density at radius 3 is 2.81 bits per heavy atom. The van der Waals surface area contributed by atoms with Gasteiger partial charge >= 0.3 is 0 Å². The summed E-state index contributed by atoms with van der Waals surface area (Å²) in [5.41, 5.74) is 3.87. The van der Waals surface area contributed by atoms with Gasteiger partial charge < -0.3 is 5.32 Å². The second-order valence-electron chi connectivity index (χ2n) is 4.82. The van der Waals surface area contributed by atoms with Gasteiger partial charge in [-0.1, -0.05) is 23.7 Å². The summed E-state index contributed by atoms with van der Waals surface area (Å²) in [5, 5.41) is 5.16. The number of aryl methyl sites for hydroxylation is 1. The highest BCUT2D eigenvalue weighted by atomic mass is 35.5. The minimum atomic E-state index is 0.713. The Hall–Kier alpha value is -2.20. The predicted octanol–water partition coefficient (Wildman–Crippen LogP) is 3.64. The second kappa shape index (κ2) is 6.06. The molecule has 1 N–H and O–H groups in total. The van der Waals surface area contributed by atoms with E-state index in [9.17, 15) is 0 Å². The first-order valence-electron chi connectivity index (χ1n) is 6.78. The van der Waals surface area contributed by atoms with E-state index >= 15 is 0 Å². The highest BCUT2D eigenvalue weighted by Crippen LogP contribution is 2.29. The van der Waals surface area contributed by atoms with Gasteiger partial charge in [0.15, 0.2) is 0 Å². The van der Waals surface area contributed by atoms with Gasteiger partial charge in [-0.3, -0.25) is 15.0 Å². The molecule has 4 nitrogen and oxygen atoms in total. The van der Waals surface area contributed by atoms with Gasteiger partial charge in [-0.2, -0.15) is 0 Å². The maximum absolute atomic E-state index is 6.32. The Balaban J connectivity index is 1.80. The molecule has 0 saturated heterocycles. The predicted molar refractivity (Wildman–Crippen MR) is 85.7 cm³/mol. The van der Waals surface area contributed by atoms with E-state index in [1.807, 2.05) is 25.1 Å². The molecule has 0 unspecified atom stereocenters. The van der Waals surface area contributed by atoms with Gasteiger partial charge in [0.2, 0.25) is 0 Å². The summed E-state index contributed by atoms with van der Waals surface area (Å²) in [6.07, 6.45) is 7.76. The minimum Gasteiger partial charge on any atom is -0.384 e. The number of nitrogens with one attached hydrogen (secondary N) is 1. The number of hydrogen-bond acceptors (Lipinski definition) is 4. The zero-order chi connectivity index (χ0) is 14.7. The van der Waals surface area contributed by atoms with Crippen molar-refractivity contribution in [3.63, 3.8) is 0 Å². The van der Waals surface area contributed by atoms with E-state index in [0.29, 0.717) is 5.02 Å². The second-order valence-corrected chi connectivity index (χ2v) is 5.20. The molecule has 0 saturated carbocycles. The Kier molecular flexibility index (Phi) is 3.97. The van der Waals surface area contributed by atoms with Crippen molar-refractivity contribution in [2.75, 3.05) is 11.9 Å². The quantitative estimate of drug-likeness (QED) is 0.799. The molecule has 0 amide bonds. The van der Waals surface area contributed by atoms with Gasteiger partial charge in [-0.15, -0.1) is 0 Å². The van der Waals surface area contributed by atoms with E-state index in [4.69, 9.17) is 11.6 Å². The number of rotatable bonds is 4. The summed E-state index contributed by atoms with van der Waals surface area (Å²) in [6.45, 7) is 2.76. The third-order valence-corrected chi connectivity index (χ3v) is 3.83. The van der Waals surface area contributed by atoms with E-state index in [1.54, 1.807) is 24.8 Å². The SMILES string of the molecule is Cc1ccc2c(NCCc3cnccn3)ccnc2c1Cl. The number of pyridine rings is 1. The summed E-state index contributed by atoms with van der Waals surface area (Å²) in [4.78, 5) is 12.7. The number of benzene rings is 1. The molecule has 0 spiro atoms. The molecule has 0 aliphatic heterocycles. The minimum absolute atomic E-state index is 0.713. The van der Waals surface area contributed by atoms with Gasteiger partial charge in [0.1, 0.15) is 0 Å². The van der Waals surface area contributed by atoms with Crippen molar-refractivity contribution in [3.8, 4) is 0 Å². The molecular formula is C16H15ClN4. The zero-order valence-corrected chi connectivity index (χ0v) is 12.4. The van der Waals surface area contributed by atoms with Crippen LogP contribution in [0.25, 0.3) is 10.9 Å². The van der Waals surface area contributed by atoms with E-state index < -0.39 is 0 Å². The fourth-order valence-electron chi connectivity index (χ4n) is 2.22. The zero-order valence-electron chi connectivity index (χ0n) is 11.7. The number of halogens is 1. The summed E-state index contributed by atoms with van der Waals surface area (Å²) >= 11 is 6.32. The third-order valence-electron chi connectivity index (χ3n) is 3.36. The van der Waals surface area contributed by atoms with Crippen molar-refractivity contribution in [2.24, 2.45) is 0 Å². The molecule has 3 aromatic rings. The van der Waals surface area contributed by atoms with Gasteiger partial charge in [0.25, 0.3) is 0 Å². The first-order chi connectivity index (χ1) is 10.3. The van der Waals surface area contributed by atoms with Crippen molar-refractivity contribution in [2.45, 2.75) is 13.3 Å². The molecule has 0 radical (unpaired) electrons. The largest absolute Gasteiger partial charge is 0.384 e. The topological polar surface area (TPSA) is 50.7 Å². The van der Waals surface area contributed by atoms with E-state index in [-0.39, 0.29) is 0 Å². The number of fused-ring (bicyclic) bond motifs is 1. The van der Waals surface area contributed by atoms with Crippen LogP contribution in [-0.4, -0.2) is 21.5 Å². The molecule has 21 heavy (non-hydrogen) atoms. The molecule has 3 rings (SSSR count). The number of aromatic nitrogens is 3. The molecule has 2 aromatic heterocycles. The lowest BCUT2D eigenvalue weighted by atomic mass is 10.1. The normalized spacial score (nSPS) is 10.8. The molecule has 1 aromatic carbocycles. The van der Waals surface area contributed by atoms with Crippen LogP contribution in [0.15, 0.2) is 43.0 Å². The van der Waals surface area contributed by atoms with E-state index in [1.165, 1.54) is 0 Å². The van der Waals surface area contributed by atoms with Crippen LogP contribution in [0.2, 0.25) is 5.02 Å². The van der Waals surface area contributed by atoms with Crippen molar-refractivity contribution in [1.29, 1.82) is 0 Å². The number of hydrogen-bond donors (Lipinski definition) is 1. The fourth-order valence-corrected chi connectivity index (χ4v) is 2.44. The molecular weight excluding hydrogens is 284 g/mol. The molecule has 0 aliphatic carbocycles. The Labute approximate surface area is 128 Å². The first kappa shape index (κ1) is 13.8. The molecule has 2 heterocycles. The molecule has 5 heteroatoms. The highest BCUT2D eigenvalue weighted by Gasteiger charge is 2.07. The van der Waals surface area contributed by atoms with Crippen molar-refractivity contribution in [3.05, 3.63) is 59.3 Å². The third kappa shape index (κ3) is 2.95. The van der Waals surface area contributed by atoms with Crippen LogP contribution in [-0.2, 0) is 6.42 Å². The lowest BCUT2D eigenvalue weighted by Crippen LogP contribution is -2.06. The van der Waals surface area contributed by atoms with Crippen LogP contribution in [0.5, 0.6) is 0 Å². The monoisotopic (exact) mass is 298 g/mol. The first-order valence-corrected chi connectivity index (χ1v) is 7.16. The maximum atomic E-state index is 6.32. The van der Waals surface area contributed by atoms with E-state index in [0.717, 1.165) is 40.8 Å². The van der Waals surface area contributed by atoms with Gasteiger partial charge in [0.05, 0.1) is 16.2 Å². The van der Waals surface area contributed by atoms with Crippen LogP contribution in [0.1, 0.15) is 11.3 Å². The summed E-state index contributed by atoms with van der Waals surface area (Å²) in [6, 6.07) is 6.03. The van der Waals surface area contributed by atoms with Crippen LogP contribution in [0, 0.1) is 6.92 Å². The molecule has 0 fully saturated rings. The maximum Gasteiger partial charge on any atom is 0.0911 e. The summed E-state index contributed by atoms with van der Waals surface area (Å²) in [7, 11) is 0. The number of nitrogens with zero attached hydrogens (tertiary/aromatic N) is 3. The van der Waals surface area contributed by atoms with Crippen molar-refractivity contribution in [1.82, 2.24) is 15.0 Å². The molecule has 0 atom stereocenters. The average molecular weight is 299 g/mol. The van der Waals surface area contributed by atoms with Crippen LogP contribution in [0.4, 0.5) is 5.69 Å². The van der Waals surface area contributed by atoms with Gasteiger partial charge in [0, 0.05) is 48.8 Å². The highest BCUT2D eigenvalue weighted by molar-refractivity contribution is 6.36. The van der Waals surface area contributed by atoms with E-state index in [2.05, 4.69) is 20.3 Å². The molecule has 106 valence electrons. The molecule has 0 aliphatic rings. The van der Waals surface area contributed by atoms with Gasteiger partial charge in [-0.05, 0) is 18.6 Å². The average Bonchev–Trinajstić information content (AvgIpc) is 2.52. The summed E-state index contributed by atoms with van der Waals surface area (Å²) < 4.78 is 0. The van der Waals surface area contributed by atoms with Gasteiger partial charge in [-0.25, -0.2) is 0 Å². The Morgan fingerprint density at radius 1 is 1.10 bits per heavy atom. The standard InChI is InChI=1S/C16H15ClN4/c1-11-2-3-13-14(5-7-21-16(13)15(11)17)20-6-4-12-10-18-8-9-19-12/h2-3,5,7-10H,4,6H2,1H3,(H,20,21).